The van der Waals surface area contributed by atoms with Crippen LogP contribution in [0, 0.1) is 11.3 Å². The van der Waals surface area contributed by atoms with E-state index in [1.54, 1.807) is 7.11 Å². The van der Waals surface area contributed by atoms with Gasteiger partial charge in [-0.25, -0.2) is 4.98 Å². The lowest BCUT2D eigenvalue weighted by Gasteiger charge is -2.16. The zero-order chi connectivity index (χ0) is 17.4. The molecule has 2 fully saturated rings. The van der Waals surface area contributed by atoms with E-state index in [4.69, 9.17) is 4.74 Å². The number of aliphatic hydroxyl groups is 2. The number of hydrogen-bond acceptors (Lipinski definition) is 5. The number of pyridine rings is 1. The van der Waals surface area contributed by atoms with Gasteiger partial charge >= 0.3 is 0 Å². The fourth-order valence-corrected chi connectivity index (χ4v) is 4.67. The van der Waals surface area contributed by atoms with Crippen LogP contribution in [0.15, 0.2) is 48.5 Å². The number of benzene rings is 1. The topological polar surface area (TPSA) is 65.8 Å². The van der Waals surface area contributed by atoms with Crippen LogP contribution < -0.4 is 4.74 Å². The van der Waals surface area contributed by atoms with Gasteiger partial charge in [0, 0.05) is 37.7 Å². The van der Waals surface area contributed by atoms with E-state index < -0.39 is 6.10 Å². The Morgan fingerprint density at radius 2 is 2.00 bits per heavy atom. The first-order chi connectivity index (χ1) is 12.2. The summed E-state index contributed by atoms with van der Waals surface area (Å²) >= 11 is 0. The largest absolute Gasteiger partial charge is 0.481 e. The molecule has 1 saturated heterocycles. The Labute approximate surface area is 147 Å². The number of methoxy groups -OCH3 is 1. The maximum Gasteiger partial charge on any atom is 0.213 e. The molecule has 2 heterocycles. The highest BCUT2D eigenvalue weighted by Gasteiger charge is 2.70. The zero-order valence-electron chi connectivity index (χ0n) is 14.4. The van der Waals surface area contributed by atoms with Crippen LogP contribution in [0.25, 0.3) is 0 Å². The van der Waals surface area contributed by atoms with Crippen LogP contribution in [0.5, 0.6) is 5.88 Å². The molecule has 0 bridgehead atoms. The van der Waals surface area contributed by atoms with Gasteiger partial charge in [-0.05, 0) is 23.5 Å². The van der Waals surface area contributed by atoms with Crippen LogP contribution in [0.2, 0.25) is 0 Å². The maximum atomic E-state index is 10.8. The Bertz CT molecular complexity index is 739. The molecule has 1 saturated carbocycles. The fourth-order valence-electron chi connectivity index (χ4n) is 4.67. The predicted octanol–water partition coefficient (Wildman–Crippen LogP) is 1.66. The van der Waals surface area contributed by atoms with E-state index in [0.717, 1.165) is 12.2 Å². The second kappa shape index (κ2) is 6.41. The van der Waals surface area contributed by atoms with Crippen LogP contribution in [0.1, 0.15) is 17.2 Å². The predicted molar refractivity (Wildman–Crippen MR) is 94.3 cm³/mol. The molecule has 5 nitrogen and oxygen atoms in total. The minimum Gasteiger partial charge on any atom is -0.481 e. The van der Waals surface area contributed by atoms with Crippen molar-refractivity contribution < 1.29 is 14.9 Å². The summed E-state index contributed by atoms with van der Waals surface area (Å²) in [7, 11) is 1.61. The molecule has 1 aromatic carbocycles. The van der Waals surface area contributed by atoms with Crippen molar-refractivity contribution in [3.63, 3.8) is 0 Å². The average molecular weight is 340 g/mol. The number of nitrogens with zero attached hydrogens (tertiary/aromatic N) is 2. The lowest BCUT2D eigenvalue weighted by molar-refractivity contribution is 0.111. The first kappa shape index (κ1) is 16.5. The van der Waals surface area contributed by atoms with Crippen molar-refractivity contribution in [3.05, 3.63) is 59.8 Å². The second-order valence-electron chi connectivity index (χ2n) is 7.15. The molecule has 0 amide bonds. The van der Waals surface area contributed by atoms with Crippen molar-refractivity contribution in [3.8, 4) is 5.88 Å². The van der Waals surface area contributed by atoms with E-state index in [-0.39, 0.29) is 23.9 Å². The number of β-amino-alcohol motifs (C(OH)–C–C–N with tert-alkyl or cyclic N) is 1. The Morgan fingerprint density at radius 1 is 1.20 bits per heavy atom. The van der Waals surface area contributed by atoms with Gasteiger partial charge in [-0.3, -0.25) is 4.90 Å². The van der Waals surface area contributed by atoms with Gasteiger partial charge in [-0.1, -0.05) is 36.4 Å². The molecule has 1 spiro atoms. The highest BCUT2D eigenvalue weighted by Crippen LogP contribution is 2.68. The summed E-state index contributed by atoms with van der Waals surface area (Å²) in [6, 6.07) is 16.0. The van der Waals surface area contributed by atoms with Gasteiger partial charge in [-0.2, -0.15) is 0 Å². The third-order valence-corrected chi connectivity index (χ3v) is 5.84. The molecule has 132 valence electrons. The second-order valence-corrected chi connectivity index (χ2v) is 7.15. The van der Waals surface area contributed by atoms with E-state index in [1.807, 2.05) is 36.4 Å². The highest BCUT2D eigenvalue weighted by molar-refractivity contribution is 5.36. The maximum absolute atomic E-state index is 10.8. The molecular formula is C20H24N2O3. The van der Waals surface area contributed by atoms with Crippen LogP contribution in [0.4, 0.5) is 0 Å². The fraction of sp³-hybridized carbons (Fsp3) is 0.450. The van der Waals surface area contributed by atoms with Gasteiger partial charge in [0.2, 0.25) is 5.88 Å². The number of aromatic nitrogens is 1. The van der Waals surface area contributed by atoms with Crippen LogP contribution in [-0.4, -0.2) is 53.0 Å². The summed E-state index contributed by atoms with van der Waals surface area (Å²) < 4.78 is 5.19. The minimum absolute atomic E-state index is 0.113. The Hall–Kier alpha value is -1.95. The Morgan fingerprint density at radius 3 is 2.72 bits per heavy atom. The van der Waals surface area contributed by atoms with Gasteiger partial charge in [0.05, 0.1) is 18.9 Å². The molecule has 2 N–H and O–H groups in total. The Balaban J connectivity index is 1.53. The molecule has 5 heteroatoms. The number of likely N-dealkylation sites (tertiary alicyclic amines) is 1. The number of hydrogen-bond donors (Lipinski definition) is 2. The molecule has 1 aliphatic heterocycles. The van der Waals surface area contributed by atoms with Crippen LogP contribution in [0.3, 0.4) is 0 Å². The standard InChI is InChI=1S/C20H24N2O3/c1-25-18-9-5-8-15(21-18)10-22-11-17(24)20(13-22)16(12-23)19(20)14-6-3-2-4-7-14/h2-9,16-17,19,23-24H,10-13H2,1H3/t16-,17-,19-,20-/m1/s1. The number of aliphatic hydroxyl groups excluding tert-OH is 2. The van der Waals surface area contributed by atoms with Crippen molar-refractivity contribution >= 4 is 0 Å². The average Bonchev–Trinajstić information content (AvgIpc) is 3.19. The van der Waals surface area contributed by atoms with Crippen LogP contribution in [-0.2, 0) is 6.54 Å². The molecule has 2 aromatic rings. The lowest BCUT2D eigenvalue weighted by Crippen LogP contribution is -2.23. The molecule has 1 aromatic heterocycles. The SMILES string of the molecule is COc1cccc(CN2C[C@@H](O)[C@@]3(C2)[C@H](CO)[C@H]3c2ccccc2)n1. The van der Waals surface area contributed by atoms with Crippen molar-refractivity contribution in [2.24, 2.45) is 11.3 Å². The van der Waals surface area contributed by atoms with E-state index in [1.165, 1.54) is 5.56 Å². The zero-order valence-corrected chi connectivity index (χ0v) is 14.4. The monoisotopic (exact) mass is 340 g/mol. The third-order valence-electron chi connectivity index (χ3n) is 5.84. The quantitative estimate of drug-likeness (QED) is 0.867. The van der Waals surface area contributed by atoms with Crippen molar-refractivity contribution in [2.45, 2.75) is 18.6 Å². The Kier molecular flexibility index (Phi) is 4.23. The molecule has 0 radical (unpaired) electrons. The van der Waals surface area contributed by atoms with Gasteiger partial charge in [0.15, 0.2) is 0 Å². The van der Waals surface area contributed by atoms with Gasteiger partial charge in [0.1, 0.15) is 0 Å². The lowest BCUT2D eigenvalue weighted by atomic mass is 9.95. The van der Waals surface area contributed by atoms with E-state index in [9.17, 15) is 10.2 Å². The summed E-state index contributed by atoms with van der Waals surface area (Å²) in [4.78, 5) is 6.70. The molecule has 2 aliphatic rings. The van der Waals surface area contributed by atoms with E-state index in [0.29, 0.717) is 19.0 Å². The number of rotatable bonds is 5. The van der Waals surface area contributed by atoms with Crippen molar-refractivity contribution in [2.75, 3.05) is 26.8 Å². The molecule has 25 heavy (non-hydrogen) atoms. The molecule has 0 unspecified atom stereocenters. The van der Waals surface area contributed by atoms with E-state index in [2.05, 4.69) is 22.0 Å². The first-order valence-corrected chi connectivity index (χ1v) is 8.75. The van der Waals surface area contributed by atoms with Gasteiger partial charge < -0.3 is 14.9 Å². The summed E-state index contributed by atoms with van der Waals surface area (Å²) in [6.45, 7) is 2.17. The normalized spacial score (nSPS) is 31.4. The van der Waals surface area contributed by atoms with E-state index >= 15 is 0 Å². The van der Waals surface area contributed by atoms with Crippen molar-refractivity contribution in [1.82, 2.24) is 9.88 Å². The van der Waals surface area contributed by atoms with Gasteiger partial charge in [0.25, 0.3) is 0 Å². The summed E-state index contributed by atoms with van der Waals surface area (Å²) in [5.74, 6) is 0.943. The first-order valence-electron chi connectivity index (χ1n) is 8.75. The third kappa shape index (κ3) is 2.72. The number of ether oxygens (including phenoxy) is 1. The summed E-state index contributed by atoms with van der Waals surface area (Å²) in [5, 5.41) is 20.7. The summed E-state index contributed by atoms with van der Waals surface area (Å²) in [6.07, 6.45) is -0.430. The van der Waals surface area contributed by atoms with Crippen molar-refractivity contribution in [1.29, 1.82) is 0 Å². The smallest absolute Gasteiger partial charge is 0.213 e. The summed E-state index contributed by atoms with van der Waals surface area (Å²) in [5.41, 5.74) is 1.90. The highest BCUT2D eigenvalue weighted by atomic mass is 16.5. The molecule has 1 aliphatic carbocycles. The molecular weight excluding hydrogens is 316 g/mol. The molecule has 4 rings (SSSR count). The van der Waals surface area contributed by atoms with Crippen LogP contribution >= 0.6 is 0 Å². The molecule has 4 atom stereocenters. The minimum atomic E-state index is -0.430. The van der Waals surface area contributed by atoms with Gasteiger partial charge in [-0.15, -0.1) is 0 Å².